The Hall–Kier alpha value is -1.16. The molecule has 1 aromatic rings. The fourth-order valence-electron chi connectivity index (χ4n) is 1.77. The summed E-state index contributed by atoms with van der Waals surface area (Å²) in [6.45, 7) is 2.50. The second kappa shape index (κ2) is 5.80. The number of hydrogen-bond donors (Lipinski definition) is 1. The Kier molecular flexibility index (Phi) is 4.68. The smallest absolute Gasteiger partial charge is 0.255 e. The normalized spacial score (nSPS) is 10.9. The largest absolute Gasteiger partial charge is 0.369 e. The van der Waals surface area contributed by atoms with Crippen molar-refractivity contribution in [1.29, 1.82) is 0 Å². The highest BCUT2D eigenvalue weighted by molar-refractivity contribution is 5.53. The van der Waals surface area contributed by atoms with Gasteiger partial charge in [-0.05, 0) is 31.2 Å². The van der Waals surface area contributed by atoms with E-state index in [1.807, 2.05) is 32.2 Å². The third-order valence-corrected chi connectivity index (χ3v) is 2.47. The van der Waals surface area contributed by atoms with E-state index in [2.05, 4.69) is 5.32 Å². The lowest BCUT2D eigenvalue weighted by Crippen LogP contribution is -2.24. The predicted molar refractivity (Wildman–Crippen MR) is 63.2 cm³/mol. The average Bonchev–Trinajstić information content (AvgIpc) is 2.16. The van der Waals surface area contributed by atoms with Crippen LogP contribution in [0.3, 0.4) is 0 Å². The summed E-state index contributed by atoms with van der Waals surface area (Å²) in [7, 11) is 3.57. The summed E-state index contributed by atoms with van der Waals surface area (Å²) in [5, 5.41) is 3.06. The standard InChI is InChI=1S/C12H18F2N2/c1-9-6-10(7-15-2)4-5-11(9)16(3)8-12(13)14/h4-6,12,15H,7-8H2,1-3H3. The van der Waals surface area contributed by atoms with E-state index in [4.69, 9.17) is 0 Å². The molecule has 0 unspecified atom stereocenters. The Labute approximate surface area is 95.3 Å². The summed E-state index contributed by atoms with van der Waals surface area (Å²) in [6.07, 6.45) is -2.30. The summed E-state index contributed by atoms with van der Waals surface area (Å²) < 4.78 is 24.5. The molecule has 0 aromatic heterocycles. The third-order valence-electron chi connectivity index (χ3n) is 2.47. The van der Waals surface area contributed by atoms with E-state index in [1.54, 1.807) is 11.9 Å². The fraction of sp³-hybridized carbons (Fsp3) is 0.500. The molecule has 0 aliphatic heterocycles. The van der Waals surface area contributed by atoms with E-state index >= 15 is 0 Å². The van der Waals surface area contributed by atoms with Crippen LogP contribution in [-0.2, 0) is 6.54 Å². The topological polar surface area (TPSA) is 15.3 Å². The van der Waals surface area contributed by atoms with Crippen molar-refractivity contribution in [3.8, 4) is 0 Å². The van der Waals surface area contributed by atoms with E-state index in [0.29, 0.717) is 0 Å². The van der Waals surface area contributed by atoms with Crippen molar-refractivity contribution in [1.82, 2.24) is 5.32 Å². The zero-order chi connectivity index (χ0) is 12.1. The van der Waals surface area contributed by atoms with Crippen LogP contribution in [0.25, 0.3) is 0 Å². The maximum Gasteiger partial charge on any atom is 0.255 e. The van der Waals surface area contributed by atoms with Crippen LogP contribution < -0.4 is 10.2 Å². The van der Waals surface area contributed by atoms with Crippen molar-refractivity contribution in [2.45, 2.75) is 19.9 Å². The van der Waals surface area contributed by atoms with Gasteiger partial charge < -0.3 is 10.2 Å². The molecular formula is C12H18F2N2. The first-order valence-corrected chi connectivity index (χ1v) is 5.28. The van der Waals surface area contributed by atoms with Crippen LogP contribution in [0.1, 0.15) is 11.1 Å². The van der Waals surface area contributed by atoms with Crippen molar-refractivity contribution < 1.29 is 8.78 Å². The number of hydrogen-bond acceptors (Lipinski definition) is 2. The van der Waals surface area contributed by atoms with Gasteiger partial charge in [0, 0.05) is 19.3 Å². The Morgan fingerprint density at radius 1 is 1.38 bits per heavy atom. The fourth-order valence-corrected chi connectivity index (χ4v) is 1.77. The molecule has 0 bridgehead atoms. The van der Waals surface area contributed by atoms with E-state index in [1.165, 1.54) is 0 Å². The molecule has 1 rings (SSSR count). The molecule has 1 N–H and O–H groups in total. The first-order chi connectivity index (χ1) is 7.54. The molecule has 0 fully saturated rings. The van der Waals surface area contributed by atoms with Gasteiger partial charge in [-0.15, -0.1) is 0 Å². The number of benzene rings is 1. The number of rotatable bonds is 5. The third kappa shape index (κ3) is 3.45. The van der Waals surface area contributed by atoms with Crippen LogP contribution in [0.15, 0.2) is 18.2 Å². The molecule has 4 heteroatoms. The van der Waals surface area contributed by atoms with Crippen LogP contribution in [0.4, 0.5) is 14.5 Å². The average molecular weight is 228 g/mol. The lowest BCUT2D eigenvalue weighted by atomic mass is 10.1. The number of aryl methyl sites for hydroxylation is 1. The Balaban J connectivity index is 2.81. The molecule has 0 radical (unpaired) electrons. The van der Waals surface area contributed by atoms with E-state index in [-0.39, 0.29) is 6.54 Å². The van der Waals surface area contributed by atoms with Crippen LogP contribution in [0.5, 0.6) is 0 Å². The highest BCUT2D eigenvalue weighted by Gasteiger charge is 2.10. The molecule has 2 nitrogen and oxygen atoms in total. The Morgan fingerprint density at radius 3 is 2.56 bits per heavy atom. The molecule has 0 saturated carbocycles. The highest BCUT2D eigenvalue weighted by Crippen LogP contribution is 2.20. The summed E-state index contributed by atoms with van der Waals surface area (Å²) in [4.78, 5) is 1.59. The van der Waals surface area contributed by atoms with Gasteiger partial charge in [0.15, 0.2) is 0 Å². The summed E-state index contributed by atoms with van der Waals surface area (Å²) >= 11 is 0. The van der Waals surface area contributed by atoms with Crippen LogP contribution in [0, 0.1) is 6.92 Å². The molecule has 0 aliphatic carbocycles. The molecule has 0 spiro atoms. The van der Waals surface area contributed by atoms with Gasteiger partial charge in [0.25, 0.3) is 6.43 Å². The number of anilines is 1. The SMILES string of the molecule is CNCc1ccc(N(C)CC(F)F)c(C)c1. The molecule has 1 aromatic carbocycles. The maximum absolute atomic E-state index is 12.3. The zero-order valence-corrected chi connectivity index (χ0v) is 9.93. The summed E-state index contributed by atoms with van der Waals surface area (Å²) in [5.41, 5.74) is 3.05. The summed E-state index contributed by atoms with van der Waals surface area (Å²) in [5.74, 6) is 0. The van der Waals surface area contributed by atoms with Crippen molar-refractivity contribution >= 4 is 5.69 Å². The Morgan fingerprint density at radius 2 is 2.06 bits per heavy atom. The Bertz CT molecular complexity index is 340. The molecule has 0 aliphatic rings. The van der Waals surface area contributed by atoms with E-state index < -0.39 is 6.43 Å². The van der Waals surface area contributed by atoms with Crippen molar-refractivity contribution in [3.63, 3.8) is 0 Å². The minimum atomic E-state index is -2.30. The zero-order valence-electron chi connectivity index (χ0n) is 9.93. The van der Waals surface area contributed by atoms with Crippen LogP contribution >= 0.6 is 0 Å². The van der Waals surface area contributed by atoms with Crippen LogP contribution in [-0.4, -0.2) is 27.1 Å². The monoisotopic (exact) mass is 228 g/mol. The van der Waals surface area contributed by atoms with Gasteiger partial charge in [0.05, 0.1) is 6.54 Å². The van der Waals surface area contributed by atoms with Gasteiger partial charge in [-0.2, -0.15) is 0 Å². The minimum absolute atomic E-state index is 0.230. The second-order valence-corrected chi connectivity index (χ2v) is 3.92. The van der Waals surface area contributed by atoms with E-state index in [0.717, 1.165) is 23.4 Å². The molecule has 90 valence electrons. The molecule has 0 heterocycles. The van der Waals surface area contributed by atoms with Crippen molar-refractivity contribution in [2.75, 3.05) is 25.5 Å². The first kappa shape index (κ1) is 12.9. The summed E-state index contributed by atoms with van der Waals surface area (Å²) in [6, 6.07) is 5.87. The molecule has 0 amide bonds. The molecule has 16 heavy (non-hydrogen) atoms. The molecular weight excluding hydrogens is 210 g/mol. The molecule has 0 saturated heterocycles. The first-order valence-electron chi connectivity index (χ1n) is 5.28. The van der Waals surface area contributed by atoms with Gasteiger partial charge in [0.2, 0.25) is 0 Å². The number of nitrogens with one attached hydrogen (secondary N) is 1. The second-order valence-electron chi connectivity index (χ2n) is 3.92. The quantitative estimate of drug-likeness (QED) is 0.832. The number of halogens is 2. The van der Waals surface area contributed by atoms with Crippen molar-refractivity contribution in [2.24, 2.45) is 0 Å². The van der Waals surface area contributed by atoms with Crippen molar-refractivity contribution in [3.05, 3.63) is 29.3 Å². The highest BCUT2D eigenvalue weighted by atomic mass is 19.3. The number of alkyl halides is 2. The lowest BCUT2D eigenvalue weighted by molar-refractivity contribution is 0.156. The van der Waals surface area contributed by atoms with Gasteiger partial charge >= 0.3 is 0 Å². The lowest BCUT2D eigenvalue weighted by Gasteiger charge is -2.21. The van der Waals surface area contributed by atoms with Gasteiger partial charge in [-0.1, -0.05) is 12.1 Å². The van der Waals surface area contributed by atoms with Gasteiger partial charge in [-0.25, -0.2) is 8.78 Å². The minimum Gasteiger partial charge on any atom is -0.369 e. The maximum atomic E-state index is 12.3. The van der Waals surface area contributed by atoms with E-state index in [9.17, 15) is 8.78 Å². The molecule has 0 atom stereocenters. The van der Waals surface area contributed by atoms with Gasteiger partial charge in [0.1, 0.15) is 0 Å². The van der Waals surface area contributed by atoms with Crippen LogP contribution in [0.2, 0.25) is 0 Å². The number of nitrogens with zero attached hydrogens (tertiary/aromatic N) is 1. The predicted octanol–water partition coefficient (Wildman–Crippen LogP) is 2.42. The van der Waals surface area contributed by atoms with Gasteiger partial charge in [-0.3, -0.25) is 0 Å².